The second-order valence-electron chi connectivity index (χ2n) is 5.42. The highest BCUT2D eigenvalue weighted by Crippen LogP contribution is 2.24. The molecule has 2 atom stereocenters. The topological polar surface area (TPSA) is 32.3 Å². The van der Waals surface area contributed by atoms with Gasteiger partial charge in [0.25, 0.3) is 0 Å². The number of aliphatic hydroxyl groups excluding tert-OH is 1. The van der Waals surface area contributed by atoms with E-state index < -0.39 is 0 Å². The van der Waals surface area contributed by atoms with Crippen LogP contribution in [0, 0.1) is 0 Å². The standard InChI is InChI=1S/C19H25NO/c1-2-3-14-18(16-10-6-4-7-11-16)20-19(15-21)17-12-8-5-9-13-17/h4-13,18-21H,2-3,14-15H2,1H3/t18-,19+/m1/s1. The van der Waals surface area contributed by atoms with Gasteiger partial charge in [-0.3, -0.25) is 0 Å². The number of hydrogen-bond acceptors (Lipinski definition) is 2. The van der Waals surface area contributed by atoms with E-state index in [0.717, 1.165) is 12.0 Å². The fourth-order valence-electron chi connectivity index (χ4n) is 2.62. The molecule has 0 aromatic heterocycles. The molecule has 0 bridgehead atoms. The number of rotatable bonds is 8. The highest BCUT2D eigenvalue weighted by atomic mass is 16.3. The molecule has 0 amide bonds. The van der Waals surface area contributed by atoms with E-state index in [1.165, 1.54) is 18.4 Å². The molecule has 112 valence electrons. The molecule has 2 nitrogen and oxygen atoms in total. The maximum absolute atomic E-state index is 9.74. The Labute approximate surface area is 127 Å². The molecule has 0 heterocycles. The van der Waals surface area contributed by atoms with Crippen LogP contribution in [0.3, 0.4) is 0 Å². The fraction of sp³-hybridized carbons (Fsp3) is 0.368. The van der Waals surface area contributed by atoms with Crippen LogP contribution < -0.4 is 5.32 Å². The predicted molar refractivity (Wildman–Crippen MR) is 88.1 cm³/mol. The second-order valence-corrected chi connectivity index (χ2v) is 5.42. The third-order valence-corrected chi connectivity index (χ3v) is 3.84. The molecule has 0 fully saturated rings. The Morgan fingerprint density at radius 2 is 1.38 bits per heavy atom. The van der Waals surface area contributed by atoms with E-state index in [9.17, 15) is 5.11 Å². The summed E-state index contributed by atoms with van der Waals surface area (Å²) in [6.07, 6.45) is 3.45. The lowest BCUT2D eigenvalue weighted by atomic mass is 9.98. The maximum atomic E-state index is 9.74. The van der Waals surface area contributed by atoms with Gasteiger partial charge >= 0.3 is 0 Å². The minimum absolute atomic E-state index is 0.0201. The number of benzene rings is 2. The van der Waals surface area contributed by atoms with E-state index in [1.807, 2.05) is 24.3 Å². The van der Waals surface area contributed by atoms with Crippen LogP contribution in [0.25, 0.3) is 0 Å². The van der Waals surface area contributed by atoms with E-state index in [1.54, 1.807) is 0 Å². The zero-order chi connectivity index (χ0) is 14.9. The minimum Gasteiger partial charge on any atom is -0.394 e. The molecule has 2 aromatic rings. The molecule has 2 aromatic carbocycles. The van der Waals surface area contributed by atoms with Gasteiger partial charge in [-0.2, -0.15) is 0 Å². The zero-order valence-electron chi connectivity index (χ0n) is 12.7. The summed E-state index contributed by atoms with van der Waals surface area (Å²) in [5.74, 6) is 0. The van der Waals surface area contributed by atoms with Crippen LogP contribution in [0.1, 0.15) is 49.4 Å². The molecule has 0 saturated heterocycles. The van der Waals surface area contributed by atoms with Crippen molar-refractivity contribution in [2.45, 2.75) is 38.3 Å². The lowest BCUT2D eigenvalue weighted by Crippen LogP contribution is -2.29. The van der Waals surface area contributed by atoms with Gasteiger partial charge in [0, 0.05) is 6.04 Å². The molecule has 0 saturated carbocycles. The SMILES string of the molecule is CCCC[C@@H](N[C@@H](CO)c1ccccc1)c1ccccc1. The molecule has 0 radical (unpaired) electrons. The van der Waals surface area contributed by atoms with Gasteiger partial charge in [0.15, 0.2) is 0 Å². The first-order valence-electron chi connectivity index (χ1n) is 7.82. The largest absolute Gasteiger partial charge is 0.394 e. The molecular formula is C19H25NO. The van der Waals surface area contributed by atoms with Crippen LogP contribution in [-0.4, -0.2) is 11.7 Å². The Kier molecular flexibility index (Phi) is 6.45. The normalized spacial score (nSPS) is 13.8. The number of hydrogen-bond donors (Lipinski definition) is 2. The van der Waals surface area contributed by atoms with Gasteiger partial charge in [-0.1, -0.05) is 80.4 Å². The second kappa shape index (κ2) is 8.60. The average molecular weight is 283 g/mol. The summed E-state index contributed by atoms with van der Waals surface area (Å²) >= 11 is 0. The Hall–Kier alpha value is -1.64. The van der Waals surface area contributed by atoms with Crippen LogP contribution in [0.4, 0.5) is 0 Å². The van der Waals surface area contributed by atoms with E-state index in [-0.39, 0.29) is 18.7 Å². The Bertz CT molecular complexity index is 497. The summed E-state index contributed by atoms with van der Waals surface area (Å²) in [5, 5.41) is 13.4. The number of nitrogens with one attached hydrogen (secondary N) is 1. The van der Waals surface area contributed by atoms with E-state index >= 15 is 0 Å². The number of unbranched alkanes of at least 4 members (excludes halogenated alkanes) is 1. The summed E-state index contributed by atoms with van der Waals surface area (Å²) in [4.78, 5) is 0. The van der Waals surface area contributed by atoms with Gasteiger partial charge in [-0.15, -0.1) is 0 Å². The van der Waals surface area contributed by atoms with Crippen molar-refractivity contribution < 1.29 is 5.11 Å². The average Bonchev–Trinajstić information content (AvgIpc) is 2.57. The first kappa shape index (κ1) is 15.7. The molecular weight excluding hydrogens is 258 g/mol. The minimum atomic E-state index is -0.0201. The smallest absolute Gasteiger partial charge is 0.0626 e. The van der Waals surface area contributed by atoms with E-state index in [2.05, 4.69) is 48.6 Å². The maximum Gasteiger partial charge on any atom is 0.0626 e. The summed E-state index contributed by atoms with van der Waals surface area (Å²) in [5.41, 5.74) is 2.43. The first-order valence-corrected chi connectivity index (χ1v) is 7.82. The van der Waals surface area contributed by atoms with E-state index in [4.69, 9.17) is 0 Å². The van der Waals surface area contributed by atoms with Gasteiger partial charge in [-0.25, -0.2) is 0 Å². The third kappa shape index (κ3) is 4.69. The Morgan fingerprint density at radius 1 is 0.857 bits per heavy atom. The molecule has 0 spiro atoms. The summed E-state index contributed by atoms with van der Waals surface area (Å²) in [7, 11) is 0. The summed E-state index contributed by atoms with van der Waals surface area (Å²) < 4.78 is 0. The highest BCUT2D eigenvalue weighted by molar-refractivity contribution is 5.22. The third-order valence-electron chi connectivity index (χ3n) is 3.84. The van der Waals surface area contributed by atoms with Crippen LogP contribution in [0.5, 0.6) is 0 Å². The zero-order valence-corrected chi connectivity index (χ0v) is 12.7. The molecule has 2 heteroatoms. The fourth-order valence-corrected chi connectivity index (χ4v) is 2.62. The molecule has 2 rings (SSSR count). The highest BCUT2D eigenvalue weighted by Gasteiger charge is 2.17. The van der Waals surface area contributed by atoms with Crippen molar-refractivity contribution in [3.8, 4) is 0 Å². The van der Waals surface area contributed by atoms with Crippen molar-refractivity contribution in [3.05, 3.63) is 71.8 Å². The van der Waals surface area contributed by atoms with Crippen molar-refractivity contribution >= 4 is 0 Å². The van der Waals surface area contributed by atoms with E-state index in [0.29, 0.717) is 0 Å². The van der Waals surface area contributed by atoms with Gasteiger partial charge in [-0.05, 0) is 17.5 Å². The Morgan fingerprint density at radius 3 is 1.86 bits per heavy atom. The van der Waals surface area contributed by atoms with Crippen molar-refractivity contribution in [1.82, 2.24) is 5.32 Å². The predicted octanol–water partition coefficient (Wildman–Crippen LogP) is 4.24. The van der Waals surface area contributed by atoms with Crippen LogP contribution >= 0.6 is 0 Å². The molecule has 2 N–H and O–H groups in total. The van der Waals surface area contributed by atoms with Gasteiger partial charge < -0.3 is 10.4 Å². The molecule has 0 aliphatic rings. The summed E-state index contributed by atoms with van der Waals surface area (Å²) in [6.45, 7) is 2.32. The molecule has 0 unspecified atom stereocenters. The van der Waals surface area contributed by atoms with Crippen LogP contribution in [0.15, 0.2) is 60.7 Å². The molecule has 0 aliphatic carbocycles. The summed E-state index contributed by atoms with van der Waals surface area (Å²) in [6, 6.07) is 20.9. The van der Waals surface area contributed by atoms with Crippen molar-refractivity contribution in [2.75, 3.05) is 6.61 Å². The van der Waals surface area contributed by atoms with Crippen molar-refractivity contribution in [2.24, 2.45) is 0 Å². The quantitative estimate of drug-likeness (QED) is 0.759. The molecule has 0 aliphatic heterocycles. The first-order chi connectivity index (χ1) is 10.3. The van der Waals surface area contributed by atoms with Crippen LogP contribution in [0.2, 0.25) is 0 Å². The monoisotopic (exact) mass is 283 g/mol. The van der Waals surface area contributed by atoms with Crippen LogP contribution in [-0.2, 0) is 0 Å². The Balaban J connectivity index is 2.13. The molecule has 21 heavy (non-hydrogen) atoms. The van der Waals surface area contributed by atoms with Gasteiger partial charge in [0.2, 0.25) is 0 Å². The van der Waals surface area contributed by atoms with Crippen molar-refractivity contribution in [1.29, 1.82) is 0 Å². The van der Waals surface area contributed by atoms with Gasteiger partial charge in [0.05, 0.1) is 12.6 Å². The van der Waals surface area contributed by atoms with Crippen molar-refractivity contribution in [3.63, 3.8) is 0 Å². The lowest BCUT2D eigenvalue weighted by molar-refractivity contribution is 0.230. The van der Waals surface area contributed by atoms with Gasteiger partial charge in [0.1, 0.15) is 0 Å². The lowest BCUT2D eigenvalue weighted by Gasteiger charge is -2.25. The number of aliphatic hydroxyl groups is 1.